The van der Waals surface area contributed by atoms with E-state index in [-0.39, 0.29) is 10.8 Å². The highest BCUT2D eigenvalue weighted by molar-refractivity contribution is 5.39. The molecule has 0 aromatic heterocycles. The van der Waals surface area contributed by atoms with Crippen molar-refractivity contribution in [1.82, 2.24) is 0 Å². The van der Waals surface area contributed by atoms with Crippen LogP contribution in [0.3, 0.4) is 0 Å². The highest BCUT2D eigenvalue weighted by Gasteiger charge is 2.20. The Bertz CT molecular complexity index is 649. The van der Waals surface area contributed by atoms with Gasteiger partial charge in [-0.3, -0.25) is 0 Å². The van der Waals surface area contributed by atoms with Crippen LogP contribution in [-0.2, 0) is 6.42 Å². The molecule has 136 valence electrons. The lowest BCUT2D eigenvalue weighted by molar-refractivity contribution is 0.498. The molecule has 0 radical (unpaired) electrons. The van der Waals surface area contributed by atoms with Crippen molar-refractivity contribution < 1.29 is 0 Å². The molecule has 0 aliphatic rings. The largest absolute Gasteiger partial charge is 0.0988 e. The molecule has 0 bridgehead atoms. The van der Waals surface area contributed by atoms with Crippen LogP contribution in [0.15, 0.2) is 72.4 Å². The average Bonchev–Trinajstić information content (AvgIpc) is 2.48. The average molecular weight is 337 g/mol. The van der Waals surface area contributed by atoms with Crippen LogP contribution in [0.2, 0.25) is 0 Å². The van der Waals surface area contributed by atoms with E-state index in [0.29, 0.717) is 0 Å². The summed E-state index contributed by atoms with van der Waals surface area (Å²) < 4.78 is 0. The fraction of sp³-hybridized carbons (Fsp3) is 0.440. The van der Waals surface area contributed by atoms with Gasteiger partial charge in [0.2, 0.25) is 0 Å². The van der Waals surface area contributed by atoms with E-state index in [0.717, 1.165) is 12.8 Å². The fourth-order valence-electron chi connectivity index (χ4n) is 2.58. The monoisotopic (exact) mass is 336 g/mol. The summed E-state index contributed by atoms with van der Waals surface area (Å²) in [5, 5.41) is 0. The Balaban J connectivity index is 2.98. The molecular formula is C25H36. The van der Waals surface area contributed by atoms with E-state index in [9.17, 15) is 0 Å². The van der Waals surface area contributed by atoms with Gasteiger partial charge < -0.3 is 0 Å². The lowest BCUT2D eigenvalue weighted by Crippen LogP contribution is -2.13. The first-order valence-electron chi connectivity index (χ1n) is 9.23. The molecule has 0 fully saturated rings. The van der Waals surface area contributed by atoms with Gasteiger partial charge in [0, 0.05) is 0 Å². The predicted molar refractivity (Wildman–Crippen MR) is 114 cm³/mol. The van der Waals surface area contributed by atoms with E-state index in [4.69, 9.17) is 0 Å². The SMILES string of the molecule is C=C/C(=C\C(=C/C(=C)CCc1ccc(C)cc1)C(C)(C)C)C(C)(C)C. The summed E-state index contributed by atoms with van der Waals surface area (Å²) in [6.07, 6.45) is 8.56. The third-order valence-electron chi connectivity index (χ3n) is 4.48. The highest BCUT2D eigenvalue weighted by Crippen LogP contribution is 2.33. The molecule has 0 unspecified atom stereocenters. The third-order valence-corrected chi connectivity index (χ3v) is 4.48. The second-order valence-corrected chi connectivity index (χ2v) is 9.05. The molecule has 0 saturated carbocycles. The van der Waals surface area contributed by atoms with E-state index >= 15 is 0 Å². The van der Waals surface area contributed by atoms with Crippen LogP contribution >= 0.6 is 0 Å². The Morgan fingerprint density at radius 3 is 1.84 bits per heavy atom. The Kier molecular flexibility index (Phi) is 7.23. The Morgan fingerprint density at radius 1 is 0.880 bits per heavy atom. The van der Waals surface area contributed by atoms with Crippen molar-refractivity contribution in [3.63, 3.8) is 0 Å². The normalized spacial score (nSPS) is 13.7. The summed E-state index contributed by atoms with van der Waals surface area (Å²) in [5.74, 6) is 0. The van der Waals surface area contributed by atoms with Crippen LogP contribution in [-0.4, -0.2) is 0 Å². The predicted octanol–water partition coefficient (Wildman–Crippen LogP) is 7.61. The number of hydrogen-bond donors (Lipinski definition) is 0. The molecular weight excluding hydrogens is 300 g/mol. The smallest absolute Gasteiger partial charge is 0.0132 e. The van der Waals surface area contributed by atoms with Crippen LogP contribution in [0.4, 0.5) is 0 Å². The molecule has 0 aliphatic heterocycles. The van der Waals surface area contributed by atoms with Crippen molar-refractivity contribution in [2.45, 2.75) is 61.3 Å². The first kappa shape index (κ1) is 21.2. The first-order valence-corrected chi connectivity index (χ1v) is 9.23. The van der Waals surface area contributed by atoms with E-state index in [2.05, 4.69) is 98.0 Å². The molecule has 1 aromatic carbocycles. The zero-order valence-electron chi connectivity index (χ0n) is 17.4. The van der Waals surface area contributed by atoms with Crippen molar-refractivity contribution in [2.75, 3.05) is 0 Å². The van der Waals surface area contributed by atoms with Crippen LogP contribution in [0.1, 0.15) is 59.1 Å². The zero-order chi connectivity index (χ0) is 19.3. The summed E-state index contributed by atoms with van der Waals surface area (Å²) in [6.45, 7) is 23.9. The quantitative estimate of drug-likeness (QED) is 0.469. The standard InChI is InChI=1S/C25H36/c1-10-22(24(4,5)6)18-23(25(7,8)9)17-20(3)13-16-21-14-11-19(2)12-15-21/h10-12,14-15,17-18H,1,3,13,16H2,2,4-9H3/b22-18+,23-17+. The Morgan fingerprint density at radius 2 is 1.40 bits per heavy atom. The fourth-order valence-corrected chi connectivity index (χ4v) is 2.58. The molecule has 0 heteroatoms. The van der Waals surface area contributed by atoms with Gasteiger partial charge in [-0.1, -0.05) is 108 Å². The Hall–Kier alpha value is -1.82. The van der Waals surface area contributed by atoms with Gasteiger partial charge in [0.05, 0.1) is 0 Å². The molecule has 1 rings (SSSR count). The molecule has 0 amide bonds. The molecule has 0 nitrogen and oxygen atoms in total. The summed E-state index contributed by atoms with van der Waals surface area (Å²) >= 11 is 0. The van der Waals surface area contributed by atoms with E-state index in [1.54, 1.807) is 0 Å². The molecule has 0 heterocycles. The van der Waals surface area contributed by atoms with Gasteiger partial charge in [0.15, 0.2) is 0 Å². The molecule has 0 aliphatic carbocycles. The van der Waals surface area contributed by atoms with Crippen LogP contribution in [0.25, 0.3) is 0 Å². The van der Waals surface area contributed by atoms with Crippen LogP contribution < -0.4 is 0 Å². The maximum atomic E-state index is 4.30. The molecule has 1 aromatic rings. The molecule has 0 spiro atoms. The molecule has 0 saturated heterocycles. The molecule has 0 atom stereocenters. The molecule has 25 heavy (non-hydrogen) atoms. The van der Waals surface area contributed by atoms with E-state index in [1.807, 2.05) is 6.08 Å². The lowest BCUT2D eigenvalue weighted by atomic mass is 9.79. The van der Waals surface area contributed by atoms with Crippen molar-refractivity contribution in [3.8, 4) is 0 Å². The van der Waals surface area contributed by atoms with Crippen molar-refractivity contribution in [3.05, 3.63) is 83.5 Å². The summed E-state index contributed by atoms with van der Waals surface area (Å²) in [5.41, 5.74) is 6.60. The van der Waals surface area contributed by atoms with Gasteiger partial charge in [0.1, 0.15) is 0 Å². The second-order valence-electron chi connectivity index (χ2n) is 9.05. The van der Waals surface area contributed by atoms with Crippen LogP contribution in [0.5, 0.6) is 0 Å². The van der Waals surface area contributed by atoms with Crippen molar-refractivity contribution >= 4 is 0 Å². The second kappa shape index (κ2) is 8.52. The van der Waals surface area contributed by atoms with Gasteiger partial charge in [0.25, 0.3) is 0 Å². The van der Waals surface area contributed by atoms with Crippen molar-refractivity contribution in [1.29, 1.82) is 0 Å². The number of benzene rings is 1. The first-order chi connectivity index (χ1) is 11.4. The van der Waals surface area contributed by atoms with Gasteiger partial charge >= 0.3 is 0 Å². The minimum absolute atomic E-state index is 0.0757. The van der Waals surface area contributed by atoms with Gasteiger partial charge in [-0.25, -0.2) is 0 Å². The zero-order valence-corrected chi connectivity index (χ0v) is 17.4. The number of rotatable bonds is 6. The number of aryl methyl sites for hydroxylation is 2. The van der Waals surface area contributed by atoms with Crippen LogP contribution in [0, 0.1) is 17.8 Å². The van der Waals surface area contributed by atoms with Crippen molar-refractivity contribution in [2.24, 2.45) is 10.8 Å². The number of hydrogen-bond acceptors (Lipinski definition) is 0. The summed E-state index contributed by atoms with van der Waals surface area (Å²) in [6, 6.07) is 8.78. The van der Waals surface area contributed by atoms with E-state index in [1.165, 1.54) is 27.8 Å². The maximum Gasteiger partial charge on any atom is -0.0132 e. The topological polar surface area (TPSA) is 0 Å². The summed E-state index contributed by atoms with van der Waals surface area (Å²) in [4.78, 5) is 0. The summed E-state index contributed by atoms with van der Waals surface area (Å²) in [7, 11) is 0. The molecule has 0 N–H and O–H groups in total. The van der Waals surface area contributed by atoms with Gasteiger partial charge in [-0.05, 0) is 47.3 Å². The number of allylic oxidation sites excluding steroid dienone is 6. The third kappa shape index (κ3) is 7.30. The Labute approximate surface area is 156 Å². The van der Waals surface area contributed by atoms with Gasteiger partial charge in [-0.2, -0.15) is 0 Å². The minimum Gasteiger partial charge on any atom is -0.0988 e. The van der Waals surface area contributed by atoms with E-state index < -0.39 is 0 Å². The maximum absolute atomic E-state index is 4.30. The lowest BCUT2D eigenvalue weighted by Gasteiger charge is -2.26. The van der Waals surface area contributed by atoms with Gasteiger partial charge in [-0.15, -0.1) is 0 Å². The highest BCUT2D eigenvalue weighted by atomic mass is 14.2. The minimum atomic E-state index is 0.0757.